The van der Waals surface area contributed by atoms with E-state index in [0.29, 0.717) is 5.92 Å². The van der Waals surface area contributed by atoms with Gasteiger partial charge in [-0.1, -0.05) is 26.0 Å². The van der Waals surface area contributed by atoms with E-state index < -0.39 is 0 Å². The van der Waals surface area contributed by atoms with Crippen molar-refractivity contribution in [2.75, 3.05) is 0 Å². The largest absolute Gasteiger partial charge is 0.472 e. The zero-order valence-corrected chi connectivity index (χ0v) is 8.08. The predicted octanol–water partition coefficient (Wildman–Crippen LogP) is 3.58. The molecule has 0 N–H and O–H groups in total. The van der Waals surface area contributed by atoms with Crippen molar-refractivity contribution in [1.82, 2.24) is 0 Å². The van der Waals surface area contributed by atoms with Crippen LogP contribution in [0.5, 0.6) is 0 Å². The Labute approximate surface area is 78.7 Å². The molecule has 0 fully saturated rings. The van der Waals surface area contributed by atoms with Gasteiger partial charge in [-0.25, -0.2) is 0 Å². The zero-order chi connectivity index (χ0) is 9.26. The molecule has 1 nitrogen and oxygen atoms in total. The minimum absolute atomic E-state index is 0.700. The zero-order valence-electron chi connectivity index (χ0n) is 8.08. The smallest absolute Gasteiger partial charge is 0.0982 e. The SMILES string of the molecule is CC(C)Cc1ccc2ccocc1-2. The topological polar surface area (TPSA) is 13.1 Å². The fourth-order valence-electron chi connectivity index (χ4n) is 1.68. The maximum atomic E-state index is 5.17. The van der Waals surface area contributed by atoms with Crippen LogP contribution in [0.15, 0.2) is 35.1 Å². The van der Waals surface area contributed by atoms with Crippen molar-refractivity contribution < 1.29 is 4.42 Å². The molecule has 0 atom stereocenters. The molecule has 0 saturated carbocycles. The molecule has 0 saturated heterocycles. The highest BCUT2D eigenvalue weighted by molar-refractivity contribution is 5.69. The van der Waals surface area contributed by atoms with Crippen molar-refractivity contribution in [3.63, 3.8) is 0 Å². The van der Waals surface area contributed by atoms with Gasteiger partial charge in [0.25, 0.3) is 0 Å². The van der Waals surface area contributed by atoms with Gasteiger partial charge in [0.05, 0.1) is 12.5 Å². The van der Waals surface area contributed by atoms with Crippen molar-refractivity contribution in [3.05, 3.63) is 36.3 Å². The minimum atomic E-state index is 0.700. The number of fused-ring (bicyclic) bond motifs is 1. The summed E-state index contributed by atoms with van der Waals surface area (Å²) in [6.07, 6.45) is 4.69. The molecule has 68 valence electrons. The van der Waals surface area contributed by atoms with Gasteiger partial charge >= 0.3 is 0 Å². The quantitative estimate of drug-likeness (QED) is 0.678. The van der Waals surface area contributed by atoms with Gasteiger partial charge in [0.2, 0.25) is 0 Å². The third kappa shape index (κ3) is 1.59. The maximum Gasteiger partial charge on any atom is 0.0982 e. The Hall–Kier alpha value is -1.24. The van der Waals surface area contributed by atoms with E-state index in [0.717, 1.165) is 6.42 Å². The lowest BCUT2D eigenvalue weighted by molar-refractivity contribution is 0.550. The Kier molecular flexibility index (Phi) is 2.09. The van der Waals surface area contributed by atoms with Crippen LogP contribution in [0.25, 0.3) is 11.1 Å². The molecule has 2 aliphatic rings. The summed E-state index contributed by atoms with van der Waals surface area (Å²) < 4.78 is 5.17. The summed E-state index contributed by atoms with van der Waals surface area (Å²) in [4.78, 5) is 0. The van der Waals surface area contributed by atoms with Gasteiger partial charge in [-0.3, -0.25) is 0 Å². The van der Waals surface area contributed by atoms with Crippen LogP contribution >= 0.6 is 0 Å². The second-order valence-electron chi connectivity index (χ2n) is 3.88. The highest BCUT2D eigenvalue weighted by Gasteiger charge is 2.09. The summed E-state index contributed by atoms with van der Waals surface area (Å²) in [5, 5.41) is 0. The summed E-state index contributed by atoms with van der Waals surface area (Å²) in [5.41, 5.74) is 3.94. The predicted molar refractivity (Wildman–Crippen MR) is 53.9 cm³/mol. The lowest BCUT2D eigenvalue weighted by Gasteiger charge is -2.05. The van der Waals surface area contributed by atoms with E-state index >= 15 is 0 Å². The number of hydrogen-bond acceptors (Lipinski definition) is 1. The van der Waals surface area contributed by atoms with Gasteiger partial charge in [-0.15, -0.1) is 0 Å². The van der Waals surface area contributed by atoms with Gasteiger partial charge in [-0.05, 0) is 29.5 Å². The van der Waals surface area contributed by atoms with E-state index in [2.05, 4.69) is 26.0 Å². The maximum absolute atomic E-state index is 5.17. The molecule has 0 aromatic rings. The summed E-state index contributed by atoms with van der Waals surface area (Å²) in [7, 11) is 0. The van der Waals surface area contributed by atoms with E-state index in [1.807, 2.05) is 12.3 Å². The lowest BCUT2D eigenvalue weighted by atomic mass is 10.0. The Morgan fingerprint density at radius 2 is 2.08 bits per heavy atom. The van der Waals surface area contributed by atoms with Crippen molar-refractivity contribution in [2.24, 2.45) is 5.92 Å². The molecule has 1 aliphatic heterocycles. The molecule has 0 spiro atoms. The van der Waals surface area contributed by atoms with E-state index in [9.17, 15) is 0 Å². The molecule has 2 rings (SSSR count). The van der Waals surface area contributed by atoms with Crippen LogP contribution in [0.2, 0.25) is 0 Å². The summed E-state index contributed by atoms with van der Waals surface area (Å²) >= 11 is 0. The van der Waals surface area contributed by atoms with Crippen LogP contribution in [0.4, 0.5) is 0 Å². The highest BCUT2D eigenvalue weighted by atomic mass is 16.3. The summed E-state index contributed by atoms with van der Waals surface area (Å²) in [5.74, 6) is 0.700. The first kappa shape index (κ1) is 8.36. The summed E-state index contributed by atoms with van der Waals surface area (Å²) in [6.45, 7) is 4.47. The molecule has 0 unspecified atom stereocenters. The molecular formula is C12H14O. The Morgan fingerprint density at radius 1 is 1.23 bits per heavy atom. The molecular weight excluding hydrogens is 160 g/mol. The van der Waals surface area contributed by atoms with Crippen molar-refractivity contribution in [3.8, 4) is 11.1 Å². The molecule has 0 radical (unpaired) electrons. The Balaban J connectivity index is 2.38. The van der Waals surface area contributed by atoms with Crippen LogP contribution in [0.3, 0.4) is 0 Å². The molecule has 1 heteroatoms. The van der Waals surface area contributed by atoms with Gasteiger partial charge in [-0.2, -0.15) is 0 Å². The fourth-order valence-corrected chi connectivity index (χ4v) is 1.68. The Morgan fingerprint density at radius 3 is 2.85 bits per heavy atom. The minimum Gasteiger partial charge on any atom is -0.472 e. The highest BCUT2D eigenvalue weighted by Crippen LogP contribution is 2.28. The van der Waals surface area contributed by atoms with E-state index in [-0.39, 0.29) is 0 Å². The Bertz CT molecular complexity index is 359. The van der Waals surface area contributed by atoms with Gasteiger partial charge in [0.1, 0.15) is 0 Å². The molecule has 0 aromatic heterocycles. The molecule has 0 aromatic carbocycles. The molecule has 1 heterocycles. The number of rotatable bonds is 2. The average molecular weight is 174 g/mol. The van der Waals surface area contributed by atoms with E-state index in [4.69, 9.17) is 4.42 Å². The third-order valence-electron chi connectivity index (χ3n) is 2.26. The van der Waals surface area contributed by atoms with Gasteiger partial charge in [0, 0.05) is 5.56 Å². The van der Waals surface area contributed by atoms with Crippen LogP contribution in [0.1, 0.15) is 19.4 Å². The fraction of sp³-hybridized carbons (Fsp3) is 0.333. The van der Waals surface area contributed by atoms with Crippen LogP contribution < -0.4 is 0 Å². The number of hydrogen-bond donors (Lipinski definition) is 0. The molecule has 1 aliphatic carbocycles. The molecule has 0 amide bonds. The van der Waals surface area contributed by atoms with Crippen LogP contribution in [-0.4, -0.2) is 0 Å². The van der Waals surface area contributed by atoms with Crippen LogP contribution in [-0.2, 0) is 6.42 Å². The lowest BCUT2D eigenvalue weighted by Crippen LogP contribution is -1.93. The molecule has 0 bridgehead atoms. The summed E-state index contributed by atoms with van der Waals surface area (Å²) in [6, 6.07) is 6.36. The van der Waals surface area contributed by atoms with Crippen molar-refractivity contribution in [1.29, 1.82) is 0 Å². The average Bonchev–Trinajstić information content (AvgIpc) is 2.48. The second-order valence-corrected chi connectivity index (χ2v) is 3.88. The monoisotopic (exact) mass is 174 g/mol. The van der Waals surface area contributed by atoms with E-state index in [1.54, 1.807) is 6.26 Å². The first-order valence-electron chi connectivity index (χ1n) is 4.71. The second kappa shape index (κ2) is 3.25. The normalized spacial score (nSPS) is 11.3. The van der Waals surface area contributed by atoms with Gasteiger partial charge in [0.15, 0.2) is 0 Å². The standard InChI is InChI=1S/C12H14O/c1-9(2)7-11-4-3-10-5-6-13-8-12(10)11/h3-6,8-9H,7H2,1-2H3. The van der Waals surface area contributed by atoms with Gasteiger partial charge < -0.3 is 4.42 Å². The van der Waals surface area contributed by atoms with Crippen molar-refractivity contribution >= 4 is 0 Å². The first-order valence-corrected chi connectivity index (χ1v) is 4.71. The van der Waals surface area contributed by atoms with Crippen LogP contribution in [0, 0.1) is 5.92 Å². The first-order chi connectivity index (χ1) is 6.27. The van der Waals surface area contributed by atoms with Crippen molar-refractivity contribution in [2.45, 2.75) is 20.3 Å². The molecule has 13 heavy (non-hydrogen) atoms. The third-order valence-corrected chi connectivity index (χ3v) is 2.26. The van der Waals surface area contributed by atoms with E-state index in [1.165, 1.54) is 16.7 Å².